The third kappa shape index (κ3) is 2.44. The molecule has 1 aliphatic rings. The van der Waals surface area contributed by atoms with Crippen molar-refractivity contribution in [2.24, 2.45) is 0 Å². The van der Waals surface area contributed by atoms with E-state index in [1.165, 1.54) is 12.4 Å². The number of Topliss-reactive ketones (excluding diaryl/α,β-unsaturated/α-hetero) is 1. The molecular weight excluding hydrogens is 264 g/mol. The van der Waals surface area contributed by atoms with Crippen molar-refractivity contribution in [3.63, 3.8) is 0 Å². The zero-order chi connectivity index (χ0) is 13.2. The molecule has 0 radical (unpaired) electrons. The molecule has 1 aromatic heterocycles. The fourth-order valence-electron chi connectivity index (χ4n) is 2.24. The second-order valence-corrected chi connectivity index (χ2v) is 4.74. The zero-order valence-electron chi connectivity index (χ0n) is 10.1. The largest absolute Gasteiger partial charge is 0.437 e. The Morgan fingerprint density at radius 2 is 2.11 bits per heavy atom. The molecule has 19 heavy (non-hydrogen) atoms. The quantitative estimate of drug-likeness (QED) is 0.842. The van der Waals surface area contributed by atoms with Crippen LogP contribution in [-0.4, -0.2) is 15.8 Å². The van der Waals surface area contributed by atoms with Gasteiger partial charge in [-0.1, -0.05) is 23.7 Å². The average molecular weight is 275 g/mol. The second-order valence-electron chi connectivity index (χ2n) is 4.35. The summed E-state index contributed by atoms with van der Waals surface area (Å²) in [5, 5.41) is 0.258. The van der Waals surface area contributed by atoms with Gasteiger partial charge in [0.2, 0.25) is 5.88 Å². The zero-order valence-corrected chi connectivity index (χ0v) is 10.9. The number of hydrogen-bond acceptors (Lipinski definition) is 4. The van der Waals surface area contributed by atoms with Crippen LogP contribution in [0.2, 0.25) is 5.15 Å². The lowest BCUT2D eigenvalue weighted by Crippen LogP contribution is -2.12. The minimum absolute atomic E-state index is 0.117. The molecule has 0 atom stereocenters. The Hall–Kier alpha value is -1.94. The van der Waals surface area contributed by atoms with Crippen molar-refractivity contribution in [3.05, 3.63) is 46.9 Å². The van der Waals surface area contributed by atoms with Crippen LogP contribution < -0.4 is 4.74 Å². The summed E-state index contributed by atoms with van der Waals surface area (Å²) >= 11 is 5.76. The highest BCUT2D eigenvalue weighted by Crippen LogP contribution is 2.32. The summed E-state index contributed by atoms with van der Waals surface area (Å²) in [6.45, 7) is 0. The van der Waals surface area contributed by atoms with E-state index < -0.39 is 0 Å². The van der Waals surface area contributed by atoms with Crippen molar-refractivity contribution in [2.75, 3.05) is 0 Å². The molecule has 1 aliphatic carbocycles. The third-order valence-corrected chi connectivity index (χ3v) is 3.22. The van der Waals surface area contributed by atoms with Gasteiger partial charge in [0.1, 0.15) is 5.75 Å². The van der Waals surface area contributed by atoms with Crippen molar-refractivity contribution in [2.45, 2.75) is 19.3 Å². The van der Waals surface area contributed by atoms with E-state index >= 15 is 0 Å². The van der Waals surface area contributed by atoms with Crippen LogP contribution in [0, 0.1) is 0 Å². The molecule has 0 N–H and O–H groups in total. The number of rotatable bonds is 2. The first-order chi connectivity index (χ1) is 9.24. The Labute approximate surface area is 115 Å². The highest BCUT2D eigenvalue weighted by molar-refractivity contribution is 6.29. The lowest BCUT2D eigenvalue weighted by atomic mass is 9.90. The highest BCUT2D eigenvalue weighted by Gasteiger charge is 2.21. The molecule has 0 spiro atoms. The number of aryl methyl sites for hydroxylation is 1. The van der Waals surface area contributed by atoms with Crippen LogP contribution in [0.1, 0.15) is 28.8 Å². The lowest BCUT2D eigenvalue weighted by Gasteiger charge is -2.17. The van der Waals surface area contributed by atoms with E-state index in [1.807, 2.05) is 12.1 Å². The van der Waals surface area contributed by atoms with Gasteiger partial charge in [-0.15, -0.1) is 0 Å². The van der Waals surface area contributed by atoms with E-state index in [0.717, 1.165) is 18.4 Å². The smallest absolute Gasteiger partial charge is 0.239 e. The molecule has 0 bridgehead atoms. The summed E-state index contributed by atoms with van der Waals surface area (Å²) in [5.41, 5.74) is 1.69. The fourth-order valence-corrected chi connectivity index (χ4v) is 2.38. The van der Waals surface area contributed by atoms with Crippen LogP contribution in [-0.2, 0) is 6.42 Å². The van der Waals surface area contributed by atoms with E-state index in [4.69, 9.17) is 16.3 Å². The van der Waals surface area contributed by atoms with Gasteiger partial charge in [0.25, 0.3) is 0 Å². The van der Waals surface area contributed by atoms with Crippen molar-refractivity contribution in [1.82, 2.24) is 9.97 Å². The van der Waals surface area contributed by atoms with Crippen LogP contribution >= 0.6 is 11.6 Å². The van der Waals surface area contributed by atoms with Crippen LogP contribution in [0.3, 0.4) is 0 Å². The molecule has 0 saturated carbocycles. The van der Waals surface area contributed by atoms with E-state index in [-0.39, 0.29) is 10.9 Å². The summed E-state index contributed by atoms with van der Waals surface area (Å²) in [4.78, 5) is 19.9. The van der Waals surface area contributed by atoms with Crippen molar-refractivity contribution in [1.29, 1.82) is 0 Å². The third-order valence-electron chi connectivity index (χ3n) is 3.04. The monoisotopic (exact) mass is 274 g/mol. The van der Waals surface area contributed by atoms with Crippen LogP contribution in [0.25, 0.3) is 0 Å². The van der Waals surface area contributed by atoms with Gasteiger partial charge in [0, 0.05) is 6.42 Å². The first-order valence-electron chi connectivity index (χ1n) is 6.04. The second kappa shape index (κ2) is 4.97. The number of aromatic nitrogens is 2. The number of nitrogens with zero attached hydrogens (tertiary/aromatic N) is 2. The SMILES string of the molecule is O=C1CCCc2cccc(Oc3cncc(Cl)n3)c21. The molecule has 0 aliphatic heterocycles. The molecule has 2 aromatic rings. The van der Waals surface area contributed by atoms with Gasteiger partial charge in [-0.05, 0) is 24.5 Å². The number of benzene rings is 1. The number of ether oxygens (including phenoxy) is 1. The maximum absolute atomic E-state index is 12.0. The van der Waals surface area contributed by atoms with Gasteiger partial charge in [0.15, 0.2) is 10.9 Å². The number of carbonyl (C=O) groups excluding carboxylic acids is 1. The maximum Gasteiger partial charge on any atom is 0.239 e. The molecular formula is C14H11ClN2O2. The van der Waals surface area contributed by atoms with Crippen LogP contribution in [0.5, 0.6) is 11.6 Å². The minimum Gasteiger partial charge on any atom is -0.437 e. The lowest BCUT2D eigenvalue weighted by molar-refractivity contribution is 0.0970. The van der Waals surface area contributed by atoms with Gasteiger partial charge >= 0.3 is 0 Å². The fraction of sp³-hybridized carbons (Fsp3) is 0.214. The summed E-state index contributed by atoms with van der Waals surface area (Å²) in [5.74, 6) is 0.935. The Balaban J connectivity index is 2.00. The Morgan fingerprint density at radius 3 is 2.95 bits per heavy atom. The molecule has 0 fully saturated rings. The molecule has 0 saturated heterocycles. The van der Waals surface area contributed by atoms with Gasteiger partial charge < -0.3 is 4.74 Å². The average Bonchev–Trinajstić information content (AvgIpc) is 2.39. The van der Waals surface area contributed by atoms with E-state index in [0.29, 0.717) is 23.6 Å². The predicted molar refractivity (Wildman–Crippen MR) is 70.8 cm³/mol. The van der Waals surface area contributed by atoms with Gasteiger partial charge in [-0.2, -0.15) is 4.98 Å². The molecule has 0 unspecified atom stereocenters. The van der Waals surface area contributed by atoms with E-state index in [1.54, 1.807) is 6.07 Å². The van der Waals surface area contributed by atoms with Crippen LogP contribution in [0.15, 0.2) is 30.6 Å². The number of carbonyl (C=O) groups is 1. The molecule has 4 nitrogen and oxygen atoms in total. The minimum atomic E-state index is 0.117. The molecule has 0 amide bonds. The van der Waals surface area contributed by atoms with Gasteiger partial charge in [-0.3, -0.25) is 9.78 Å². The van der Waals surface area contributed by atoms with E-state index in [9.17, 15) is 4.79 Å². The summed E-state index contributed by atoms with van der Waals surface area (Å²) < 4.78 is 5.65. The standard InChI is InChI=1S/C14H11ClN2O2/c15-12-7-16-8-13(17-12)19-11-6-2-4-9-3-1-5-10(18)14(9)11/h2,4,6-8H,1,3,5H2. The van der Waals surface area contributed by atoms with Gasteiger partial charge in [0.05, 0.1) is 18.0 Å². The predicted octanol–water partition coefficient (Wildman–Crippen LogP) is 3.44. The molecule has 1 aromatic carbocycles. The molecule has 5 heteroatoms. The first-order valence-corrected chi connectivity index (χ1v) is 6.42. The van der Waals surface area contributed by atoms with Crippen LogP contribution in [0.4, 0.5) is 0 Å². The maximum atomic E-state index is 12.0. The van der Waals surface area contributed by atoms with Crippen molar-refractivity contribution >= 4 is 17.4 Å². The number of hydrogen-bond donors (Lipinski definition) is 0. The van der Waals surface area contributed by atoms with Crippen molar-refractivity contribution < 1.29 is 9.53 Å². The van der Waals surface area contributed by atoms with Gasteiger partial charge in [-0.25, -0.2) is 0 Å². The number of fused-ring (bicyclic) bond motifs is 1. The topological polar surface area (TPSA) is 52.1 Å². The Bertz CT molecular complexity index is 643. The van der Waals surface area contributed by atoms with E-state index in [2.05, 4.69) is 9.97 Å². The van der Waals surface area contributed by atoms with Crippen molar-refractivity contribution in [3.8, 4) is 11.6 Å². The first kappa shape index (κ1) is 12.1. The number of ketones is 1. The molecule has 3 rings (SSSR count). The highest BCUT2D eigenvalue weighted by atomic mass is 35.5. The Morgan fingerprint density at radius 1 is 1.21 bits per heavy atom. The summed E-state index contributed by atoms with van der Waals surface area (Å²) in [7, 11) is 0. The molecule has 1 heterocycles. The number of halogens is 1. The Kier molecular flexibility index (Phi) is 3.17. The molecule has 96 valence electrons. The summed E-state index contributed by atoms with van der Waals surface area (Å²) in [6, 6.07) is 5.61. The summed E-state index contributed by atoms with van der Waals surface area (Å²) in [6.07, 6.45) is 5.26. The normalized spacial score (nSPS) is 14.1.